The Morgan fingerprint density at radius 2 is 2.50 bits per heavy atom. The summed E-state index contributed by atoms with van der Waals surface area (Å²) in [4.78, 5) is 0. The number of hydrogen-bond donors (Lipinski definition) is 1. The Balaban J connectivity index is 2.30. The average molecular weight is 133 g/mol. The van der Waals surface area contributed by atoms with Crippen LogP contribution in [0.2, 0.25) is 0 Å². The van der Waals surface area contributed by atoms with Gasteiger partial charge in [-0.1, -0.05) is 9.39 Å². The van der Waals surface area contributed by atoms with Gasteiger partial charge in [-0.25, -0.2) is 0 Å². The molecule has 1 saturated heterocycles. The van der Waals surface area contributed by atoms with Crippen LogP contribution < -0.4 is 0 Å². The summed E-state index contributed by atoms with van der Waals surface area (Å²) in [6.07, 6.45) is 2.38. The molecule has 2 unspecified atom stereocenters. The van der Waals surface area contributed by atoms with Gasteiger partial charge in [-0.2, -0.15) is 0 Å². The van der Waals surface area contributed by atoms with Gasteiger partial charge in [0, 0.05) is 12.6 Å². The SMILES string of the molecule is OCC1CCCN1P. The molecule has 2 atom stereocenters. The Bertz CT molecular complexity index is 78.8. The number of aliphatic hydroxyl groups is 1. The van der Waals surface area contributed by atoms with E-state index in [2.05, 4.69) is 14.1 Å². The minimum absolute atomic E-state index is 0.309. The Hall–Kier alpha value is 0.350. The lowest BCUT2D eigenvalue weighted by Crippen LogP contribution is -2.22. The highest BCUT2D eigenvalue weighted by Gasteiger charge is 2.18. The zero-order valence-corrected chi connectivity index (χ0v) is 6.03. The highest BCUT2D eigenvalue weighted by Crippen LogP contribution is 2.19. The molecule has 2 nitrogen and oxygen atoms in total. The standard InChI is InChI=1S/C5H12NOP/c7-4-5-2-1-3-6(5)8/h5,7H,1-4,8H2. The van der Waals surface area contributed by atoms with E-state index in [4.69, 9.17) is 5.11 Å². The van der Waals surface area contributed by atoms with E-state index in [1.807, 2.05) is 0 Å². The van der Waals surface area contributed by atoms with E-state index in [-0.39, 0.29) is 0 Å². The van der Waals surface area contributed by atoms with E-state index >= 15 is 0 Å². The molecule has 1 fully saturated rings. The van der Waals surface area contributed by atoms with E-state index in [1.165, 1.54) is 6.42 Å². The smallest absolute Gasteiger partial charge is 0.0589 e. The lowest BCUT2D eigenvalue weighted by molar-refractivity contribution is 0.220. The average Bonchev–Trinajstić information content (AvgIpc) is 2.14. The maximum atomic E-state index is 8.68. The molecule has 0 aromatic rings. The van der Waals surface area contributed by atoms with Crippen molar-refractivity contribution in [3.8, 4) is 0 Å². The van der Waals surface area contributed by atoms with Gasteiger partial charge < -0.3 is 5.11 Å². The van der Waals surface area contributed by atoms with E-state index < -0.39 is 0 Å². The molecule has 1 aliphatic heterocycles. The van der Waals surface area contributed by atoms with E-state index in [0.29, 0.717) is 12.6 Å². The Morgan fingerprint density at radius 1 is 1.75 bits per heavy atom. The minimum Gasteiger partial charge on any atom is -0.395 e. The van der Waals surface area contributed by atoms with Crippen LogP contribution in [-0.4, -0.2) is 29.0 Å². The summed E-state index contributed by atoms with van der Waals surface area (Å²) in [6, 6.07) is 0.417. The van der Waals surface area contributed by atoms with Crippen molar-refractivity contribution in [2.75, 3.05) is 13.2 Å². The molecule has 0 spiro atoms. The van der Waals surface area contributed by atoms with Crippen molar-refractivity contribution in [3.63, 3.8) is 0 Å². The third-order valence-corrected chi connectivity index (χ3v) is 2.31. The summed E-state index contributed by atoms with van der Waals surface area (Å²) in [5.41, 5.74) is 0. The van der Waals surface area contributed by atoms with Crippen LogP contribution in [0.15, 0.2) is 0 Å². The second kappa shape index (κ2) is 2.77. The van der Waals surface area contributed by atoms with Gasteiger partial charge in [-0.05, 0) is 12.8 Å². The summed E-state index contributed by atoms with van der Waals surface area (Å²) in [6.45, 7) is 1.43. The van der Waals surface area contributed by atoms with Gasteiger partial charge in [0.15, 0.2) is 0 Å². The summed E-state index contributed by atoms with van der Waals surface area (Å²) < 4.78 is 2.12. The normalized spacial score (nSPS) is 31.5. The molecular formula is C5H12NOP. The van der Waals surface area contributed by atoms with E-state index in [0.717, 1.165) is 13.0 Å². The second-order valence-electron chi connectivity index (χ2n) is 2.22. The Labute approximate surface area is 52.1 Å². The summed E-state index contributed by atoms with van der Waals surface area (Å²) >= 11 is 0. The summed E-state index contributed by atoms with van der Waals surface area (Å²) in [5.74, 6) is 0. The molecule has 0 amide bonds. The molecule has 0 aromatic heterocycles. The first kappa shape index (κ1) is 6.47. The van der Waals surface area contributed by atoms with Crippen molar-refractivity contribution in [3.05, 3.63) is 0 Å². The highest BCUT2D eigenvalue weighted by atomic mass is 31.0. The first-order valence-corrected chi connectivity index (χ1v) is 3.48. The monoisotopic (exact) mass is 133 g/mol. The summed E-state index contributed by atoms with van der Waals surface area (Å²) in [5, 5.41) is 8.68. The molecule has 0 bridgehead atoms. The summed E-state index contributed by atoms with van der Waals surface area (Å²) in [7, 11) is 2.63. The van der Waals surface area contributed by atoms with Gasteiger partial charge in [0.05, 0.1) is 6.61 Å². The van der Waals surface area contributed by atoms with Gasteiger partial charge in [0.1, 0.15) is 0 Å². The Kier molecular flexibility index (Phi) is 2.24. The number of rotatable bonds is 1. The lowest BCUT2D eigenvalue weighted by Gasteiger charge is -2.14. The molecule has 1 heterocycles. The van der Waals surface area contributed by atoms with Gasteiger partial charge in [-0.3, -0.25) is 4.67 Å². The van der Waals surface area contributed by atoms with Crippen molar-refractivity contribution in [2.45, 2.75) is 18.9 Å². The molecule has 8 heavy (non-hydrogen) atoms. The fourth-order valence-electron chi connectivity index (χ4n) is 1.05. The quantitative estimate of drug-likeness (QED) is 0.518. The fourth-order valence-corrected chi connectivity index (χ4v) is 1.48. The molecule has 3 heteroatoms. The molecule has 1 N–H and O–H groups in total. The molecular weight excluding hydrogens is 121 g/mol. The molecule has 0 radical (unpaired) electrons. The number of hydrogen-bond acceptors (Lipinski definition) is 2. The van der Waals surface area contributed by atoms with Gasteiger partial charge in [-0.15, -0.1) is 0 Å². The topological polar surface area (TPSA) is 23.5 Å². The molecule has 0 aliphatic carbocycles. The molecule has 0 saturated carbocycles. The van der Waals surface area contributed by atoms with Gasteiger partial charge in [0.2, 0.25) is 0 Å². The van der Waals surface area contributed by atoms with Crippen LogP contribution in [0.4, 0.5) is 0 Å². The van der Waals surface area contributed by atoms with Crippen LogP contribution in [0.1, 0.15) is 12.8 Å². The van der Waals surface area contributed by atoms with Crippen LogP contribution in [0.25, 0.3) is 0 Å². The van der Waals surface area contributed by atoms with Crippen molar-refractivity contribution >= 4 is 9.39 Å². The predicted molar refractivity (Wildman–Crippen MR) is 36.5 cm³/mol. The van der Waals surface area contributed by atoms with Gasteiger partial charge >= 0.3 is 0 Å². The molecule has 1 aliphatic rings. The van der Waals surface area contributed by atoms with Gasteiger partial charge in [0.25, 0.3) is 0 Å². The molecule has 48 valence electrons. The lowest BCUT2D eigenvalue weighted by atomic mass is 10.2. The first-order chi connectivity index (χ1) is 3.84. The van der Waals surface area contributed by atoms with E-state index in [1.54, 1.807) is 0 Å². The Morgan fingerprint density at radius 3 is 2.75 bits per heavy atom. The first-order valence-electron chi connectivity index (χ1n) is 2.97. The number of aliphatic hydroxyl groups excluding tert-OH is 1. The maximum absolute atomic E-state index is 8.68. The van der Waals surface area contributed by atoms with Crippen LogP contribution >= 0.6 is 9.39 Å². The zero-order chi connectivity index (χ0) is 5.98. The second-order valence-corrected chi connectivity index (χ2v) is 2.88. The van der Waals surface area contributed by atoms with Crippen molar-refractivity contribution in [1.82, 2.24) is 4.67 Å². The van der Waals surface area contributed by atoms with Crippen molar-refractivity contribution in [1.29, 1.82) is 0 Å². The van der Waals surface area contributed by atoms with Crippen LogP contribution in [0.3, 0.4) is 0 Å². The van der Waals surface area contributed by atoms with Crippen LogP contribution in [0, 0.1) is 0 Å². The zero-order valence-electron chi connectivity index (χ0n) is 4.88. The fraction of sp³-hybridized carbons (Fsp3) is 1.00. The van der Waals surface area contributed by atoms with Crippen LogP contribution in [-0.2, 0) is 0 Å². The highest BCUT2D eigenvalue weighted by molar-refractivity contribution is 7.13. The largest absolute Gasteiger partial charge is 0.395 e. The third-order valence-electron chi connectivity index (χ3n) is 1.63. The molecule has 0 aromatic carbocycles. The van der Waals surface area contributed by atoms with E-state index in [9.17, 15) is 0 Å². The maximum Gasteiger partial charge on any atom is 0.0589 e. The predicted octanol–water partition coefficient (Wildman–Crippen LogP) is 0.233. The van der Waals surface area contributed by atoms with Crippen LogP contribution in [0.5, 0.6) is 0 Å². The van der Waals surface area contributed by atoms with Crippen molar-refractivity contribution in [2.24, 2.45) is 0 Å². The third kappa shape index (κ3) is 1.19. The minimum atomic E-state index is 0.309. The molecule has 1 rings (SSSR count). The number of nitrogens with zero attached hydrogens (tertiary/aromatic N) is 1. The van der Waals surface area contributed by atoms with Crippen molar-refractivity contribution < 1.29 is 5.11 Å².